The molecule has 5 heteroatoms. The Hall–Kier alpha value is -0.820. The highest BCUT2D eigenvalue weighted by Crippen LogP contribution is 2.15. The third-order valence-electron chi connectivity index (χ3n) is 4.63. The molecule has 24 heavy (non-hydrogen) atoms. The van der Waals surface area contributed by atoms with E-state index in [9.17, 15) is 0 Å². The fourth-order valence-corrected chi connectivity index (χ4v) is 3.17. The molecule has 1 aromatic rings. The van der Waals surface area contributed by atoms with Crippen LogP contribution >= 0.6 is 24.0 Å². The number of likely N-dealkylation sites (tertiary alicyclic amines) is 1. The van der Waals surface area contributed by atoms with Gasteiger partial charge in [-0.2, -0.15) is 0 Å². The lowest BCUT2D eigenvalue weighted by molar-refractivity contribution is 0.159. The molecule has 1 fully saturated rings. The molecule has 0 aromatic heterocycles. The van der Waals surface area contributed by atoms with Gasteiger partial charge in [-0.05, 0) is 44.7 Å². The van der Waals surface area contributed by atoms with E-state index in [-0.39, 0.29) is 24.0 Å². The van der Waals surface area contributed by atoms with Crippen LogP contribution in [0.4, 0.5) is 0 Å². The van der Waals surface area contributed by atoms with Crippen LogP contribution in [0.1, 0.15) is 38.2 Å². The Kier molecular flexibility index (Phi) is 11.1. The second-order valence-corrected chi connectivity index (χ2v) is 6.40. The predicted octanol–water partition coefficient (Wildman–Crippen LogP) is 3.28. The second-order valence-electron chi connectivity index (χ2n) is 6.40. The Labute approximate surface area is 164 Å². The fourth-order valence-electron chi connectivity index (χ4n) is 3.17. The molecular weight excluding hydrogens is 411 g/mol. The van der Waals surface area contributed by atoms with Crippen molar-refractivity contribution < 1.29 is 0 Å². The van der Waals surface area contributed by atoms with Gasteiger partial charge in [0.15, 0.2) is 5.96 Å². The number of hydrogen-bond donors (Lipinski definition) is 2. The predicted molar refractivity (Wildman–Crippen MR) is 114 cm³/mol. The molecule has 1 aliphatic heterocycles. The van der Waals surface area contributed by atoms with Crippen molar-refractivity contribution >= 4 is 29.9 Å². The van der Waals surface area contributed by atoms with Crippen LogP contribution in [0.2, 0.25) is 0 Å². The minimum absolute atomic E-state index is 0. The number of nitrogens with zero attached hydrogens (tertiary/aromatic N) is 2. The number of rotatable bonds is 7. The number of nitrogens with one attached hydrogen (secondary N) is 2. The lowest BCUT2D eigenvalue weighted by atomic mass is 10.0. The Balaban J connectivity index is 0.00000288. The Bertz CT molecular complexity index is 464. The molecule has 0 spiro atoms. The smallest absolute Gasteiger partial charge is 0.190 e. The summed E-state index contributed by atoms with van der Waals surface area (Å²) in [6.45, 7) is 6.71. The molecule has 1 atom stereocenters. The molecule has 1 aliphatic rings. The lowest BCUT2D eigenvalue weighted by Crippen LogP contribution is -2.41. The van der Waals surface area contributed by atoms with E-state index < -0.39 is 0 Å². The van der Waals surface area contributed by atoms with E-state index in [1.165, 1.54) is 44.3 Å². The van der Waals surface area contributed by atoms with Crippen LogP contribution in [-0.2, 0) is 6.42 Å². The highest BCUT2D eigenvalue weighted by atomic mass is 127. The minimum Gasteiger partial charge on any atom is -0.356 e. The molecule has 0 radical (unpaired) electrons. The Morgan fingerprint density at radius 1 is 1.17 bits per heavy atom. The average Bonchev–Trinajstić information content (AvgIpc) is 2.59. The molecule has 0 amide bonds. The van der Waals surface area contributed by atoms with Gasteiger partial charge < -0.3 is 15.5 Å². The normalized spacial score (nSPS) is 18.8. The fraction of sp³-hybridized carbons (Fsp3) is 0.632. The summed E-state index contributed by atoms with van der Waals surface area (Å²) in [4.78, 5) is 6.92. The summed E-state index contributed by atoms with van der Waals surface area (Å²) in [5.41, 5.74) is 1.36. The molecule has 0 saturated carbocycles. The summed E-state index contributed by atoms with van der Waals surface area (Å²) < 4.78 is 0. The Morgan fingerprint density at radius 2 is 1.92 bits per heavy atom. The van der Waals surface area contributed by atoms with Crippen molar-refractivity contribution in [3.63, 3.8) is 0 Å². The molecule has 1 heterocycles. The third kappa shape index (κ3) is 7.83. The maximum atomic E-state index is 4.30. The van der Waals surface area contributed by atoms with Crippen molar-refractivity contribution in [3.8, 4) is 0 Å². The van der Waals surface area contributed by atoms with E-state index in [1.54, 1.807) is 0 Å². The maximum absolute atomic E-state index is 4.30. The van der Waals surface area contributed by atoms with Gasteiger partial charge in [-0.15, -0.1) is 24.0 Å². The minimum atomic E-state index is 0. The summed E-state index contributed by atoms with van der Waals surface area (Å²) in [6.07, 6.45) is 6.31. The van der Waals surface area contributed by atoms with Gasteiger partial charge in [-0.25, -0.2) is 0 Å². The highest BCUT2D eigenvalue weighted by molar-refractivity contribution is 14.0. The molecule has 1 aromatic carbocycles. The van der Waals surface area contributed by atoms with Crippen molar-refractivity contribution in [3.05, 3.63) is 35.9 Å². The molecule has 136 valence electrons. The summed E-state index contributed by atoms with van der Waals surface area (Å²) in [7, 11) is 1.84. The van der Waals surface area contributed by atoms with Crippen molar-refractivity contribution in [1.82, 2.24) is 15.5 Å². The number of piperidine rings is 1. The zero-order valence-corrected chi connectivity index (χ0v) is 17.5. The molecule has 4 nitrogen and oxygen atoms in total. The number of aliphatic imine (C=N–C) groups is 1. The summed E-state index contributed by atoms with van der Waals surface area (Å²) >= 11 is 0. The SMILES string of the molecule is CN=C(NCCCN1CCCCC1C)NCCc1ccccc1.I. The van der Waals surface area contributed by atoms with Crippen LogP contribution in [0.5, 0.6) is 0 Å². The van der Waals surface area contributed by atoms with Crippen molar-refractivity contribution in [2.75, 3.05) is 33.2 Å². The van der Waals surface area contributed by atoms with Crippen LogP contribution in [0.15, 0.2) is 35.3 Å². The van der Waals surface area contributed by atoms with Gasteiger partial charge in [0.25, 0.3) is 0 Å². The van der Waals surface area contributed by atoms with E-state index in [0.29, 0.717) is 0 Å². The molecule has 0 aliphatic carbocycles. The van der Waals surface area contributed by atoms with Gasteiger partial charge in [-0.1, -0.05) is 36.8 Å². The van der Waals surface area contributed by atoms with Crippen molar-refractivity contribution in [2.24, 2.45) is 4.99 Å². The first-order chi connectivity index (χ1) is 11.3. The first-order valence-electron chi connectivity index (χ1n) is 9.02. The van der Waals surface area contributed by atoms with E-state index in [4.69, 9.17) is 0 Å². The van der Waals surface area contributed by atoms with Gasteiger partial charge in [0, 0.05) is 32.7 Å². The standard InChI is InChI=1S/C19H32N4.HI/c1-17-9-6-7-15-23(17)16-8-13-21-19(20-2)22-14-12-18-10-4-3-5-11-18;/h3-5,10-11,17H,6-9,12-16H2,1-2H3,(H2,20,21,22);1H. The summed E-state index contributed by atoms with van der Waals surface area (Å²) in [5, 5.41) is 6.81. The van der Waals surface area contributed by atoms with Crippen LogP contribution in [0.25, 0.3) is 0 Å². The topological polar surface area (TPSA) is 39.7 Å². The summed E-state index contributed by atoms with van der Waals surface area (Å²) in [6, 6.07) is 11.3. The average molecular weight is 444 g/mol. The van der Waals surface area contributed by atoms with E-state index >= 15 is 0 Å². The van der Waals surface area contributed by atoms with Crippen LogP contribution in [-0.4, -0.2) is 50.1 Å². The lowest BCUT2D eigenvalue weighted by Gasteiger charge is -2.33. The van der Waals surface area contributed by atoms with Crippen LogP contribution < -0.4 is 10.6 Å². The zero-order chi connectivity index (χ0) is 16.3. The zero-order valence-electron chi connectivity index (χ0n) is 15.1. The van der Waals surface area contributed by atoms with E-state index in [0.717, 1.165) is 31.5 Å². The van der Waals surface area contributed by atoms with E-state index in [1.807, 2.05) is 7.05 Å². The monoisotopic (exact) mass is 444 g/mol. The number of halogens is 1. The van der Waals surface area contributed by atoms with Gasteiger partial charge in [0.05, 0.1) is 0 Å². The van der Waals surface area contributed by atoms with Crippen LogP contribution in [0.3, 0.4) is 0 Å². The molecule has 1 saturated heterocycles. The first kappa shape index (κ1) is 21.2. The van der Waals surface area contributed by atoms with Gasteiger partial charge >= 0.3 is 0 Å². The first-order valence-corrected chi connectivity index (χ1v) is 9.02. The largest absolute Gasteiger partial charge is 0.356 e. The van der Waals surface area contributed by atoms with Crippen molar-refractivity contribution in [2.45, 2.75) is 45.1 Å². The van der Waals surface area contributed by atoms with Gasteiger partial charge in [-0.3, -0.25) is 4.99 Å². The van der Waals surface area contributed by atoms with Crippen molar-refractivity contribution in [1.29, 1.82) is 0 Å². The Morgan fingerprint density at radius 3 is 2.62 bits per heavy atom. The quantitative estimate of drug-likeness (QED) is 0.294. The van der Waals surface area contributed by atoms with E-state index in [2.05, 4.69) is 57.8 Å². The van der Waals surface area contributed by atoms with Gasteiger partial charge in [0.2, 0.25) is 0 Å². The third-order valence-corrected chi connectivity index (χ3v) is 4.63. The molecule has 0 bridgehead atoms. The molecule has 2 rings (SSSR count). The molecule has 2 N–H and O–H groups in total. The number of benzene rings is 1. The summed E-state index contributed by atoms with van der Waals surface area (Å²) in [5.74, 6) is 0.910. The van der Waals surface area contributed by atoms with Crippen LogP contribution in [0, 0.1) is 0 Å². The number of hydrogen-bond acceptors (Lipinski definition) is 2. The van der Waals surface area contributed by atoms with Gasteiger partial charge in [0.1, 0.15) is 0 Å². The highest BCUT2D eigenvalue weighted by Gasteiger charge is 2.16. The number of guanidine groups is 1. The molecule has 1 unspecified atom stereocenters. The second kappa shape index (κ2) is 12.5. The maximum Gasteiger partial charge on any atom is 0.190 e. The molecular formula is C19H33IN4.